The van der Waals surface area contributed by atoms with Crippen LogP contribution >= 0.6 is 11.8 Å². The average Bonchev–Trinajstić information content (AvgIpc) is 2.57. The molecule has 0 N–H and O–H groups in total. The van der Waals surface area contributed by atoms with Gasteiger partial charge >= 0.3 is 17.9 Å². The highest BCUT2D eigenvalue weighted by Crippen LogP contribution is 2.32. The van der Waals surface area contributed by atoms with Gasteiger partial charge in [-0.25, -0.2) is 0 Å². The van der Waals surface area contributed by atoms with Crippen LogP contribution in [0, 0.1) is 0 Å². The maximum absolute atomic E-state index is 11.0. The highest BCUT2D eigenvalue weighted by molar-refractivity contribution is 8.00. The second kappa shape index (κ2) is 6.63. The van der Waals surface area contributed by atoms with Crippen molar-refractivity contribution in [1.29, 1.82) is 0 Å². The van der Waals surface area contributed by atoms with E-state index in [2.05, 4.69) is 0 Å². The molecule has 0 spiro atoms. The van der Waals surface area contributed by atoms with Gasteiger partial charge in [-0.2, -0.15) is 0 Å². The van der Waals surface area contributed by atoms with Crippen LogP contribution in [0.1, 0.15) is 20.8 Å². The van der Waals surface area contributed by atoms with E-state index in [4.69, 9.17) is 14.2 Å². The molecule has 1 saturated heterocycles. The zero-order valence-corrected chi connectivity index (χ0v) is 11.3. The average molecular weight is 276 g/mol. The van der Waals surface area contributed by atoms with Crippen LogP contribution in [-0.4, -0.2) is 47.7 Å². The third-order valence-electron chi connectivity index (χ3n) is 2.28. The molecule has 0 aromatic rings. The number of thioether (sulfide) groups is 1. The molecule has 0 saturated carbocycles. The summed E-state index contributed by atoms with van der Waals surface area (Å²) >= 11 is 1.45. The largest absolute Gasteiger partial charge is 0.465 e. The summed E-state index contributed by atoms with van der Waals surface area (Å²) in [6.45, 7) is 4.03. The molecule has 0 aliphatic carbocycles. The van der Waals surface area contributed by atoms with Crippen molar-refractivity contribution in [3.8, 4) is 0 Å². The Morgan fingerprint density at radius 3 is 2.17 bits per heavy atom. The predicted molar refractivity (Wildman–Crippen MR) is 64.0 cm³/mol. The van der Waals surface area contributed by atoms with Crippen molar-refractivity contribution in [2.75, 3.05) is 12.4 Å². The van der Waals surface area contributed by atoms with E-state index >= 15 is 0 Å². The van der Waals surface area contributed by atoms with Crippen LogP contribution < -0.4 is 0 Å². The van der Waals surface area contributed by atoms with Gasteiger partial charge in [0, 0.05) is 26.5 Å². The number of hydrogen-bond donors (Lipinski definition) is 0. The minimum atomic E-state index is -0.573. The first-order valence-corrected chi connectivity index (χ1v) is 6.54. The van der Waals surface area contributed by atoms with Gasteiger partial charge in [0.2, 0.25) is 0 Å². The highest BCUT2D eigenvalue weighted by atomic mass is 32.2. The maximum atomic E-state index is 11.0. The molecule has 1 heterocycles. The lowest BCUT2D eigenvalue weighted by Crippen LogP contribution is -2.39. The Hall–Kier alpha value is -1.24. The Morgan fingerprint density at radius 1 is 1.06 bits per heavy atom. The molecule has 102 valence electrons. The molecule has 0 radical (unpaired) electrons. The number of ether oxygens (including phenoxy) is 3. The van der Waals surface area contributed by atoms with E-state index in [9.17, 15) is 14.4 Å². The maximum Gasteiger partial charge on any atom is 0.303 e. The van der Waals surface area contributed by atoms with Gasteiger partial charge in [-0.1, -0.05) is 0 Å². The lowest BCUT2D eigenvalue weighted by molar-refractivity contribution is -0.163. The van der Waals surface area contributed by atoms with Gasteiger partial charge < -0.3 is 14.2 Å². The summed E-state index contributed by atoms with van der Waals surface area (Å²) in [4.78, 5) is 32.7. The number of esters is 3. The summed E-state index contributed by atoms with van der Waals surface area (Å²) in [6.07, 6.45) is -1.06. The van der Waals surface area contributed by atoms with Gasteiger partial charge in [0.25, 0.3) is 0 Å². The molecule has 0 aromatic heterocycles. The van der Waals surface area contributed by atoms with Crippen molar-refractivity contribution >= 4 is 29.7 Å². The zero-order valence-electron chi connectivity index (χ0n) is 10.5. The normalized spacial score (nSPS) is 26.5. The molecule has 7 heteroatoms. The van der Waals surface area contributed by atoms with Crippen molar-refractivity contribution in [3.05, 3.63) is 0 Å². The molecule has 0 amide bonds. The summed E-state index contributed by atoms with van der Waals surface area (Å²) in [6, 6.07) is 0. The Bertz CT molecular complexity index is 342. The lowest BCUT2D eigenvalue weighted by atomic mass is 10.1. The van der Waals surface area contributed by atoms with Gasteiger partial charge in [-0.05, 0) is 0 Å². The van der Waals surface area contributed by atoms with Crippen LogP contribution in [0.15, 0.2) is 0 Å². The summed E-state index contributed by atoms with van der Waals surface area (Å²) in [5, 5.41) is -0.206. The van der Waals surface area contributed by atoms with Crippen molar-refractivity contribution in [3.63, 3.8) is 0 Å². The lowest BCUT2D eigenvalue weighted by Gasteiger charge is -2.22. The highest BCUT2D eigenvalue weighted by Gasteiger charge is 2.42. The first-order valence-electron chi connectivity index (χ1n) is 5.49. The predicted octanol–water partition coefficient (Wildman–Crippen LogP) is 0.528. The van der Waals surface area contributed by atoms with E-state index < -0.39 is 30.1 Å². The first-order chi connectivity index (χ1) is 8.40. The van der Waals surface area contributed by atoms with E-state index in [0.29, 0.717) is 5.75 Å². The minimum Gasteiger partial charge on any atom is -0.465 e. The molecule has 0 unspecified atom stereocenters. The number of carbonyl (C=O) groups excluding carboxylic acids is 3. The number of hydrogen-bond acceptors (Lipinski definition) is 7. The van der Waals surface area contributed by atoms with Crippen LogP contribution in [0.4, 0.5) is 0 Å². The molecular formula is C11H16O6S. The van der Waals surface area contributed by atoms with Crippen molar-refractivity contribution in [2.24, 2.45) is 0 Å². The van der Waals surface area contributed by atoms with Gasteiger partial charge in [0.05, 0.1) is 5.25 Å². The molecule has 0 aromatic carbocycles. The summed E-state index contributed by atoms with van der Waals surface area (Å²) in [7, 11) is 0. The SMILES string of the molecule is CC(=O)OC[C@H]1SC[C@@H](OC(C)=O)[C@H]1OC(C)=O. The van der Waals surface area contributed by atoms with Crippen LogP contribution in [-0.2, 0) is 28.6 Å². The van der Waals surface area contributed by atoms with Gasteiger partial charge in [-0.15, -0.1) is 11.8 Å². The fourth-order valence-corrected chi connectivity index (χ4v) is 2.93. The first kappa shape index (κ1) is 14.8. The van der Waals surface area contributed by atoms with E-state index in [-0.39, 0.29) is 11.9 Å². The summed E-state index contributed by atoms with van der Waals surface area (Å²) in [5.41, 5.74) is 0. The molecule has 1 aliphatic rings. The molecule has 1 fully saturated rings. The van der Waals surface area contributed by atoms with Gasteiger partial charge in [-0.3, -0.25) is 14.4 Å². The number of carbonyl (C=O) groups is 3. The van der Waals surface area contributed by atoms with Crippen molar-refractivity contribution in [1.82, 2.24) is 0 Å². The van der Waals surface area contributed by atoms with Gasteiger partial charge in [0.1, 0.15) is 12.7 Å². The van der Waals surface area contributed by atoms with E-state index in [0.717, 1.165) is 0 Å². The topological polar surface area (TPSA) is 78.9 Å². The van der Waals surface area contributed by atoms with Crippen molar-refractivity contribution < 1.29 is 28.6 Å². The number of rotatable bonds is 4. The van der Waals surface area contributed by atoms with Crippen LogP contribution in [0.2, 0.25) is 0 Å². The molecular weight excluding hydrogens is 260 g/mol. The molecule has 6 nitrogen and oxygen atoms in total. The summed E-state index contributed by atoms with van der Waals surface area (Å²) < 4.78 is 15.1. The monoisotopic (exact) mass is 276 g/mol. The minimum absolute atomic E-state index is 0.135. The van der Waals surface area contributed by atoms with Crippen molar-refractivity contribution in [2.45, 2.75) is 38.2 Å². The van der Waals surface area contributed by atoms with Gasteiger partial charge in [0.15, 0.2) is 6.10 Å². The van der Waals surface area contributed by atoms with Crippen LogP contribution in [0.25, 0.3) is 0 Å². The Labute approximate surface area is 109 Å². The third kappa shape index (κ3) is 4.56. The fraction of sp³-hybridized carbons (Fsp3) is 0.727. The van der Waals surface area contributed by atoms with E-state index in [1.54, 1.807) is 0 Å². The molecule has 1 aliphatic heterocycles. The second-order valence-corrected chi connectivity index (χ2v) is 5.17. The standard InChI is InChI=1S/C11H16O6S/c1-6(12)15-4-10-11(17-8(3)14)9(5-18-10)16-7(2)13/h9-11H,4-5H2,1-3H3/t9-,10-,11-/m1/s1. The fourth-order valence-electron chi connectivity index (χ4n) is 1.65. The Morgan fingerprint density at radius 2 is 1.67 bits per heavy atom. The molecule has 0 bridgehead atoms. The zero-order chi connectivity index (χ0) is 13.7. The Kier molecular flexibility index (Phi) is 5.46. The summed E-state index contributed by atoms with van der Waals surface area (Å²) in [5.74, 6) is -0.754. The molecule has 1 rings (SSSR count). The third-order valence-corrected chi connectivity index (χ3v) is 3.63. The van der Waals surface area contributed by atoms with E-state index in [1.807, 2.05) is 0 Å². The van der Waals surface area contributed by atoms with Crippen LogP contribution in [0.5, 0.6) is 0 Å². The Balaban J connectivity index is 2.63. The second-order valence-electron chi connectivity index (χ2n) is 3.90. The molecule has 18 heavy (non-hydrogen) atoms. The quantitative estimate of drug-likeness (QED) is 0.547. The smallest absolute Gasteiger partial charge is 0.303 e. The van der Waals surface area contributed by atoms with Crippen LogP contribution in [0.3, 0.4) is 0 Å². The molecule has 3 atom stereocenters. The van der Waals surface area contributed by atoms with E-state index in [1.165, 1.54) is 32.5 Å².